The van der Waals surface area contributed by atoms with Crippen molar-refractivity contribution in [3.05, 3.63) is 12.2 Å². The molecule has 1 aliphatic rings. The van der Waals surface area contributed by atoms with Crippen molar-refractivity contribution in [2.75, 3.05) is 0 Å². The van der Waals surface area contributed by atoms with Gasteiger partial charge >= 0.3 is 11.9 Å². The molecule has 1 N–H and O–H groups in total. The number of hydrogen-bond acceptors (Lipinski definition) is 3. The molecule has 3 atom stereocenters. The van der Waals surface area contributed by atoms with Gasteiger partial charge in [0.25, 0.3) is 0 Å². The first-order valence-corrected chi connectivity index (χ1v) is 6.91. The van der Waals surface area contributed by atoms with E-state index in [2.05, 4.69) is 27.4 Å². The molecule has 1 aliphatic carbocycles. The molecule has 4 nitrogen and oxygen atoms in total. The SMILES string of the molecule is C=C(CC(=O)O)C(=O)OC1CC(C)CCC1C(C)C. The molecule has 0 aromatic carbocycles. The highest BCUT2D eigenvalue weighted by Gasteiger charge is 2.33. The van der Waals surface area contributed by atoms with Crippen LogP contribution in [0.15, 0.2) is 12.2 Å². The van der Waals surface area contributed by atoms with Crippen molar-refractivity contribution < 1.29 is 19.4 Å². The van der Waals surface area contributed by atoms with Crippen LogP contribution >= 0.6 is 0 Å². The molecule has 108 valence electrons. The minimum atomic E-state index is -1.06. The Kier molecular flexibility index (Phi) is 5.58. The molecule has 0 radical (unpaired) electrons. The van der Waals surface area contributed by atoms with Crippen LogP contribution in [-0.2, 0) is 14.3 Å². The summed E-state index contributed by atoms with van der Waals surface area (Å²) in [5, 5.41) is 8.65. The van der Waals surface area contributed by atoms with E-state index >= 15 is 0 Å². The Labute approximate surface area is 114 Å². The molecule has 0 heterocycles. The number of esters is 1. The predicted octanol–water partition coefficient (Wildman–Crippen LogP) is 3.02. The van der Waals surface area contributed by atoms with Crippen molar-refractivity contribution in [3.8, 4) is 0 Å². The Balaban J connectivity index is 2.63. The zero-order chi connectivity index (χ0) is 14.6. The first-order chi connectivity index (χ1) is 8.81. The fourth-order valence-electron chi connectivity index (χ4n) is 2.73. The van der Waals surface area contributed by atoms with E-state index in [1.807, 2.05) is 0 Å². The highest BCUT2D eigenvalue weighted by molar-refractivity contribution is 5.92. The van der Waals surface area contributed by atoms with E-state index in [4.69, 9.17) is 9.84 Å². The quantitative estimate of drug-likeness (QED) is 0.615. The van der Waals surface area contributed by atoms with Crippen molar-refractivity contribution in [1.29, 1.82) is 0 Å². The van der Waals surface area contributed by atoms with Gasteiger partial charge in [0.2, 0.25) is 0 Å². The largest absolute Gasteiger partial charge is 0.481 e. The van der Waals surface area contributed by atoms with E-state index < -0.39 is 11.9 Å². The molecule has 19 heavy (non-hydrogen) atoms. The lowest BCUT2D eigenvalue weighted by Crippen LogP contribution is -2.36. The van der Waals surface area contributed by atoms with Crippen LogP contribution in [0.2, 0.25) is 0 Å². The van der Waals surface area contributed by atoms with Crippen molar-refractivity contribution >= 4 is 11.9 Å². The van der Waals surface area contributed by atoms with Gasteiger partial charge in [0, 0.05) is 5.57 Å². The molecular weight excluding hydrogens is 244 g/mol. The van der Waals surface area contributed by atoms with Crippen molar-refractivity contribution in [1.82, 2.24) is 0 Å². The van der Waals surface area contributed by atoms with Crippen LogP contribution in [-0.4, -0.2) is 23.1 Å². The topological polar surface area (TPSA) is 63.6 Å². The maximum absolute atomic E-state index is 11.8. The summed E-state index contributed by atoms with van der Waals surface area (Å²) in [6.07, 6.45) is 2.61. The van der Waals surface area contributed by atoms with Crippen LogP contribution in [0, 0.1) is 17.8 Å². The first kappa shape index (κ1) is 15.7. The van der Waals surface area contributed by atoms with Crippen molar-refractivity contribution in [3.63, 3.8) is 0 Å². The monoisotopic (exact) mass is 268 g/mol. The van der Waals surface area contributed by atoms with Crippen LogP contribution < -0.4 is 0 Å². The number of carboxylic acids is 1. The molecule has 0 aromatic rings. The summed E-state index contributed by atoms with van der Waals surface area (Å²) in [6, 6.07) is 0. The van der Waals surface area contributed by atoms with Gasteiger partial charge in [-0.05, 0) is 30.6 Å². The zero-order valence-electron chi connectivity index (χ0n) is 12.0. The molecule has 0 aliphatic heterocycles. The molecule has 0 saturated heterocycles. The lowest BCUT2D eigenvalue weighted by molar-refractivity contribution is -0.152. The van der Waals surface area contributed by atoms with Gasteiger partial charge in [-0.2, -0.15) is 0 Å². The Morgan fingerprint density at radius 1 is 1.37 bits per heavy atom. The standard InChI is InChI=1S/C15H24O4/c1-9(2)12-6-5-10(3)7-13(12)19-15(18)11(4)8-14(16)17/h9-10,12-13H,4-8H2,1-3H3,(H,16,17). The average molecular weight is 268 g/mol. The van der Waals surface area contributed by atoms with E-state index in [1.165, 1.54) is 0 Å². The van der Waals surface area contributed by atoms with Crippen LogP contribution in [0.4, 0.5) is 0 Å². The average Bonchev–Trinajstić information content (AvgIpc) is 2.27. The Bertz CT molecular complexity index is 359. The predicted molar refractivity (Wildman–Crippen MR) is 72.6 cm³/mol. The maximum atomic E-state index is 11.8. The Morgan fingerprint density at radius 2 is 2.00 bits per heavy atom. The molecule has 1 rings (SSSR count). The lowest BCUT2D eigenvalue weighted by atomic mass is 9.75. The van der Waals surface area contributed by atoms with E-state index in [1.54, 1.807) is 0 Å². The minimum absolute atomic E-state index is 0.0215. The summed E-state index contributed by atoms with van der Waals surface area (Å²) in [5.41, 5.74) is 0.0215. The number of ether oxygens (including phenoxy) is 1. The van der Waals surface area contributed by atoms with Gasteiger partial charge in [-0.15, -0.1) is 0 Å². The molecule has 0 spiro atoms. The fourth-order valence-corrected chi connectivity index (χ4v) is 2.73. The summed E-state index contributed by atoms with van der Waals surface area (Å²) >= 11 is 0. The molecular formula is C15H24O4. The molecule has 1 fully saturated rings. The number of carbonyl (C=O) groups excluding carboxylic acids is 1. The third-order valence-corrected chi connectivity index (χ3v) is 3.87. The van der Waals surface area contributed by atoms with Gasteiger partial charge in [0.15, 0.2) is 0 Å². The number of carbonyl (C=O) groups is 2. The van der Waals surface area contributed by atoms with E-state index in [0.29, 0.717) is 17.8 Å². The van der Waals surface area contributed by atoms with Gasteiger partial charge in [-0.3, -0.25) is 4.79 Å². The molecule has 0 amide bonds. The highest BCUT2D eigenvalue weighted by Crippen LogP contribution is 2.35. The van der Waals surface area contributed by atoms with Crippen LogP contribution in [0.3, 0.4) is 0 Å². The van der Waals surface area contributed by atoms with Crippen LogP contribution in [0.5, 0.6) is 0 Å². The second-order valence-corrected chi connectivity index (χ2v) is 5.94. The first-order valence-electron chi connectivity index (χ1n) is 6.91. The summed E-state index contributed by atoms with van der Waals surface area (Å²) in [7, 11) is 0. The second kappa shape index (κ2) is 6.73. The smallest absolute Gasteiger partial charge is 0.334 e. The lowest BCUT2D eigenvalue weighted by Gasteiger charge is -2.36. The maximum Gasteiger partial charge on any atom is 0.334 e. The van der Waals surface area contributed by atoms with E-state index in [0.717, 1.165) is 19.3 Å². The molecule has 3 unspecified atom stereocenters. The fraction of sp³-hybridized carbons (Fsp3) is 0.733. The van der Waals surface area contributed by atoms with Crippen molar-refractivity contribution in [2.45, 2.75) is 52.6 Å². The molecule has 4 heteroatoms. The highest BCUT2D eigenvalue weighted by atomic mass is 16.5. The van der Waals surface area contributed by atoms with Crippen molar-refractivity contribution in [2.24, 2.45) is 17.8 Å². The van der Waals surface area contributed by atoms with Crippen LogP contribution in [0.25, 0.3) is 0 Å². The van der Waals surface area contributed by atoms with Gasteiger partial charge in [-0.25, -0.2) is 4.79 Å². The Hall–Kier alpha value is -1.32. The number of aliphatic carboxylic acids is 1. The number of carboxylic acid groups (broad SMARTS) is 1. The van der Waals surface area contributed by atoms with Gasteiger partial charge < -0.3 is 9.84 Å². The summed E-state index contributed by atoms with van der Waals surface area (Å²) in [4.78, 5) is 22.4. The molecule has 1 saturated carbocycles. The number of rotatable bonds is 5. The second-order valence-electron chi connectivity index (χ2n) is 5.94. The molecule has 0 bridgehead atoms. The van der Waals surface area contributed by atoms with Gasteiger partial charge in [0.1, 0.15) is 6.10 Å². The summed E-state index contributed by atoms with van der Waals surface area (Å²) in [5.74, 6) is -0.261. The third-order valence-electron chi connectivity index (χ3n) is 3.87. The minimum Gasteiger partial charge on any atom is -0.481 e. The Morgan fingerprint density at radius 3 is 2.53 bits per heavy atom. The van der Waals surface area contributed by atoms with E-state index in [-0.39, 0.29) is 18.1 Å². The zero-order valence-corrected chi connectivity index (χ0v) is 12.0. The number of hydrogen-bond donors (Lipinski definition) is 1. The van der Waals surface area contributed by atoms with Gasteiger partial charge in [-0.1, -0.05) is 33.8 Å². The van der Waals surface area contributed by atoms with Crippen LogP contribution in [0.1, 0.15) is 46.5 Å². The molecule has 0 aromatic heterocycles. The van der Waals surface area contributed by atoms with E-state index in [9.17, 15) is 9.59 Å². The summed E-state index contributed by atoms with van der Waals surface area (Å²) in [6.45, 7) is 9.92. The third kappa shape index (κ3) is 4.69. The summed E-state index contributed by atoms with van der Waals surface area (Å²) < 4.78 is 5.50. The van der Waals surface area contributed by atoms with Gasteiger partial charge in [0.05, 0.1) is 6.42 Å². The normalized spacial score (nSPS) is 27.1.